The molecule has 6 nitrogen and oxygen atoms in total. The molecule has 5 rings (SSSR count). The van der Waals surface area contributed by atoms with Gasteiger partial charge in [0.15, 0.2) is 0 Å². The molecule has 28 heavy (non-hydrogen) atoms. The molecule has 138 valence electrons. The van der Waals surface area contributed by atoms with Crippen molar-refractivity contribution in [3.8, 4) is 5.69 Å². The fourth-order valence-electron chi connectivity index (χ4n) is 4.32. The average molecular weight is 370 g/mol. The highest BCUT2D eigenvalue weighted by atomic mass is 16.2. The van der Waals surface area contributed by atoms with Crippen LogP contribution >= 0.6 is 0 Å². The summed E-state index contributed by atoms with van der Waals surface area (Å²) in [6, 6.07) is 17.2. The van der Waals surface area contributed by atoms with Gasteiger partial charge in [0.05, 0.1) is 11.9 Å². The lowest BCUT2D eigenvalue weighted by atomic mass is 9.72. The molecule has 0 unspecified atom stereocenters. The molecule has 0 bridgehead atoms. The molecule has 0 saturated carbocycles. The van der Waals surface area contributed by atoms with Crippen molar-refractivity contribution in [1.29, 1.82) is 0 Å². The van der Waals surface area contributed by atoms with Crippen molar-refractivity contribution < 1.29 is 9.59 Å². The molecule has 1 N–H and O–H groups in total. The molecule has 0 fully saturated rings. The number of anilines is 2. The summed E-state index contributed by atoms with van der Waals surface area (Å²) >= 11 is 0. The smallest absolute Gasteiger partial charge is 0.243 e. The van der Waals surface area contributed by atoms with Gasteiger partial charge in [0.2, 0.25) is 11.8 Å². The van der Waals surface area contributed by atoms with Gasteiger partial charge in [-0.25, -0.2) is 4.68 Å². The Kier molecular flexibility index (Phi) is 3.49. The van der Waals surface area contributed by atoms with E-state index in [1.54, 1.807) is 21.9 Å². The summed E-state index contributed by atoms with van der Waals surface area (Å²) in [6.07, 6.45) is 3.46. The van der Waals surface area contributed by atoms with E-state index in [1.165, 1.54) is 0 Å². The van der Waals surface area contributed by atoms with Gasteiger partial charge in [-0.1, -0.05) is 42.5 Å². The summed E-state index contributed by atoms with van der Waals surface area (Å²) in [5, 5.41) is 7.44. The molecular formula is C22H18N4O2. The summed E-state index contributed by atoms with van der Waals surface area (Å²) < 4.78 is 1.68. The number of hydrogen-bond donors (Lipinski definition) is 1. The first-order valence-electron chi connectivity index (χ1n) is 9.13. The minimum Gasteiger partial charge on any atom is -0.310 e. The second kappa shape index (κ2) is 5.92. The molecule has 2 aliphatic heterocycles. The third-order valence-electron chi connectivity index (χ3n) is 5.49. The molecule has 1 atom stereocenters. The van der Waals surface area contributed by atoms with Gasteiger partial charge < -0.3 is 10.2 Å². The summed E-state index contributed by atoms with van der Waals surface area (Å²) in [4.78, 5) is 28.1. The van der Waals surface area contributed by atoms with Gasteiger partial charge >= 0.3 is 0 Å². The van der Waals surface area contributed by atoms with Gasteiger partial charge in [0.1, 0.15) is 11.2 Å². The number of rotatable bonds is 3. The van der Waals surface area contributed by atoms with Gasteiger partial charge in [-0.15, -0.1) is 6.58 Å². The van der Waals surface area contributed by atoms with Gasteiger partial charge in [-0.05, 0) is 23.8 Å². The lowest BCUT2D eigenvalue weighted by molar-refractivity contribution is -0.126. The number of carbonyl (C=O) groups excluding carboxylic acids is 2. The first-order valence-corrected chi connectivity index (χ1v) is 9.13. The molecule has 2 aliphatic rings. The molecule has 1 aromatic heterocycles. The maximum absolute atomic E-state index is 13.6. The molecule has 3 heterocycles. The molecule has 1 spiro atoms. The fourth-order valence-corrected chi connectivity index (χ4v) is 4.32. The van der Waals surface area contributed by atoms with E-state index in [0.717, 1.165) is 22.5 Å². The van der Waals surface area contributed by atoms with E-state index in [0.29, 0.717) is 12.4 Å². The highest BCUT2D eigenvalue weighted by Gasteiger charge is 2.56. The van der Waals surface area contributed by atoms with Crippen LogP contribution < -0.4 is 10.2 Å². The second-order valence-corrected chi connectivity index (χ2v) is 7.01. The van der Waals surface area contributed by atoms with Crippen LogP contribution in [0, 0.1) is 0 Å². The Hall–Kier alpha value is -3.67. The average Bonchev–Trinajstić information content (AvgIpc) is 3.24. The van der Waals surface area contributed by atoms with Crippen LogP contribution in [-0.2, 0) is 15.0 Å². The second-order valence-electron chi connectivity index (χ2n) is 7.01. The van der Waals surface area contributed by atoms with E-state index in [1.807, 2.05) is 54.6 Å². The van der Waals surface area contributed by atoms with Crippen molar-refractivity contribution in [3.63, 3.8) is 0 Å². The van der Waals surface area contributed by atoms with Crippen LogP contribution in [0.5, 0.6) is 0 Å². The minimum absolute atomic E-state index is 0.0595. The minimum atomic E-state index is -1.07. The molecule has 2 aromatic carbocycles. The van der Waals surface area contributed by atoms with Crippen molar-refractivity contribution in [3.05, 3.63) is 84.6 Å². The van der Waals surface area contributed by atoms with Gasteiger partial charge in [-0.2, -0.15) is 5.10 Å². The number of nitrogens with one attached hydrogen (secondary N) is 1. The van der Waals surface area contributed by atoms with Crippen LogP contribution in [0.2, 0.25) is 0 Å². The lowest BCUT2D eigenvalue weighted by Crippen LogP contribution is -2.46. The maximum Gasteiger partial charge on any atom is 0.243 e. The third kappa shape index (κ3) is 2.05. The van der Waals surface area contributed by atoms with Crippen LogP contribution in [-0.4, -0.2) is 28.1 Å². The van der Waals surface area contributed by atoms with Crippen molar-refractivity contribution in [1.82, 2.24) is 9.78 Å². The highest BCUT2D eigenvalue weighted by Crippen LogP contribution is 2.52. The van der Waals surface area contributed by atoms with Crippen LogP contribution in [0.25, 0.3) is 5.69 Å². The van der Waals surface area contributed by atoms with Crippen LogP contribution in [0.4, 0.5) is 11.5 Å². The third-order valence-corrected chi connectivity index (χ3v) is 5.49. The monoisotopic (exact) mass is 370 g/mol. The molecule has 3 aromatic rings. The molecule has 0 aliphatic carbocycles. The van der Waals surface area contributed by atoms with Crippen LogP contribution in [0.3, 0.4) is 0 Å². The van der Waals surface area contributed by atoms with Crippen molar-refractivity contribution in [2.45, 2.75) is 11.8 Å². The molecule has 6 heteroatoms. The standard InChI is InChI=1S/C22H18N4O2/c1-2-12-25-18-11-7-6-10-16(18)22(21(25)28)13-19(27)24-20-17(22)14-23-26(20)15-8-4-3-5-9-15/h2-11,14H,1,12-13H2,(H,24,27)/t22-/m1/s1. The van der Waals surface area contributed by atoms with Crippen LogP contribution in [0.1, 0.15) is 17.5 Å². The Bertz CT molecular complexity index is 1120. The molecular weight excluding hydrogens is 352 g/mol. The predicted octanol–water partition coefficient (Wildman–Crippen LogP) is 3.03. The largest absolute Gasteiger partial charge is 0.310 e. The van der Waals surface area contributed by atoms with E-state index < -0.39 is 5.41 Å². The molecule has 0 radical (unpaired) electrons. The SMILES string of the molecule is C=CCN1C(=O)[C@]2(CC(=O)Nc3c2cnn3-c2ccccc2)c2ccccc21. The number of nitrogens with zero attached hydrogens (tertiary/aromatic N) is 3. The summed E-state index contributed by atoms with van der Waals surface area (Å²) in [7, 11) is 0. The Morgan fingerprint density at radius 1 is 1.07 bits per heavy atom. The Morgan fingerprint density at radius 3 is 2.61 bits per heavy atom. The Labute approximate surface area is 162 Å². The van der Waals surface area contributed by atoms with Crippen molar-refractivity contribution in [2.24, 2.45) is 0 Å². The topological polar surface area (TPSA) is 67.2 Å². The highest BCUT2D eigenvalue weighted by molar-refractivity contribution is 6.15. The Balaban J connectivity index is 1.77. The number of benzene rings is 2. The fraction of sp³-hybridized carbons (Fsp3) is 0.136. The van der Waals surface area contributed by atoms with E-state index in [2.05, 4.69) is 17.0 Å². The summed E-state index contributed by atoms with van der Waals surface area (Å²) in [5.74, 6) is 0.233. The zero-order valence-electron chi connectivity index (χ0n) is 15.1. The van der Waals surface area contributed by atoms with Gasteiger partial charge in [0, 0.05) is 24.2 Å². The Morgan fingerprint density at radius 2 is 1.82 bits per heavy atom. The first kappa shape index (κ1) is 16.5. The number of aromatic nitrogens is 2. The van der Waals surface area contributed by atoms with Crippen molar-refractivity contribution >= 4 is 23.3 Å². The number of para-hydroxylation sites is 2. The normalized spacial score (nSPS) is 20.1. The number of fused-ring (bicyclic) bond motifs is 4. The van der Waals surface area contributed by atoms with Crippen LogP contribution in [0.15, 0.2) is 73.4 Å². The predicted molar refractivity (Wildman–Crippen MR) is 107 cm³/mol. The molecule has 0 saturated heterocycles. The molecule has 2 amide bonds. The van der Waals surface area contributed by atoms with E-state index in [4.69, 9.17) is 0 Å². The quantitative estimate of drug-likeness (QED) is 0.721. The first-order chi connectivity index (χ1) is 13.7. The number of carbonyl (C=O) groups is 2. The van der Waals surface area contributed by atoms with E-state index in [-0.39, 0.29) is 18.2 Å². The zero-order valence-corrected chi connectivity index (χ0v) is 15.1. The van der Waals surface area contributed by atoms with Gasteiger partial charge in [-0.3, -0.25) is 9.59 Å². The van der Waals surface area contributed by atoms with Gasteiger partial charge in [0.25, 0.3) is 0 Å². The maximum atomic E-state index is 13.6. The summed E-state index contributed by atoms with van der Waals surface area (Å²) in [6.45, 7) is 4.17. The summed E-state index contributed by atoms with van der Waals surface area (Å²) in [5.41, 5.74) is 2.14. The number of amides is 2. The zero-order chi connectivity index (χ0) is 19.3. The van der Waals surface area contributed by atoms with E-state index in [9.17, 15) is 9.59 Å². The number of hydrogen-bond acceptors (Lipinski definition) is 3. The van der Waals surface area contributed by atoms with E-state index >= 15 is 0 Å². The lowest BCUT2D eigenvalue weighted by Gasteiger charge is -2.32. The van der Waals surface area contributed by atoms with Crippen molar-refractivity contribution in [2.75, 3.05) is 16.8 Å².